The normalized spacial score (nSPS) is 16.2. The van der Waals surface area contributed by atoms with Gasteiger partial charge < -0.3 is 9.84 Å². The van der Waals surface area contributed by atoms with Gasteiger partial charge in [0, 0.05) is 24.8 Å². The van der Waals surface area contributed by atoms with Gasteiger partial charge in [-0.25, -0.2) is 4.98 Å². The van der Waals surface area contributed by atoms with Gasteiger partial charge >= 0.3 is 10.2 Å². The van der Waals surface area contributed by atoms with Gasteiger partial charge in [-0.1, -0.05) is 11.8 Å². The van der Waals surface area contributed by atoms with Gasteiger partial charge in [0.15, 0.2) is 0 Å². The standard InChI is InChI=1S/C12H15N3O4S/c16-7-1-2-11-3-4-13-12(10-11)14-20(17,18)15-5-8-19-9-6-15/h3-4,10,16H,5-9H2,(H,13,14). The van der Waals surface area contributed by atoms with E-state index in [0.717, 1.165) is 0 Å². The number of morpholine rings is 1. The van der Waals surface area contributed by atoms with Crippen LogP contribution in [0, 0.1) is 11.8 Å². The van der Waals surface area contributed by atoms with Crippen LogP contribution in [0.15, 0.2) is 18.3 Å². The molecule has 1 aromatic heterocycles. The second kappa shape index (κ2) is 6.67. The largest absolute Gasteiger partial charge is 0.384 e. The zero-order valence-corrected chi connectivity index (χ0v) is 11.6. The molecule has 1 aromatic rings. The van der Waals surface area contributed by atoms with E-state index in [9.17, 15) is 8.42 Å². The lowest BCUT2D eigenvalue weighted by molar-refractivity contribution is 0.0733. The summed E-state index contributed by atoms with van der Waals surface area (Å²) in [5, 5.41) is 8.63. The predicted molar refractivity (Wildman–Crippen MR) is 73.1 cm³/mol. The number of ether oxygens (including phenoxy) is 1. The second-order valence-corrected chi connectivity index (χ2v) is 5.68. The van der Waals surface area contributed by atoms with Crippen molar-refractivity contribution >= 4 is 16.0 Å². The third kappa shape index (κ3) is 3.91. The maximum absolute atomic E-state index is 12.1. The van der Waals surface area contributed by atoms with E-state index >= 15 is 0 Å². The highest BCUT2D eigenvalue weighted by Gasteiger charge is 2.24. The molecule has 0 bridgehead atoms. The maximum Gasteiger partial charge on any atom is 0.302 e. The van der Waals surface area contributed by atoms with E-state index in [1.165, 1.54) is 16.6 Å². The lowest BCUT2D eigenvalue weighted by atomic mass is 10.2. The van der Waals surface area contributed by atoms with Crippen LogP contribution < -0.4 is 4.72 Å². The molecular weight excluding hydrogens is 282 g/mol. The van der Waals surface area contributed by atoms with Gasteiger partial charge in [0.2, 0.25) is 0 Å². The van der Waals surface area contributed by atoms with Crippen molar-refractivity contribution in [2.75, 3.05) is 37.6 Å². The third-order valence-electron chi connectivity index (χ3n) is 2.62. The molecule has 108 valence electrons. The molecule has 0 aliphatic carbocycles. The highest BCUT2D eigenvalue weighted by atomic mass is 32.2. The molecule has 2 N–H and O–H groups in total. The average Bonchev–Trinajstić information content (AvgIpc) is 2.46. The quantitative estimate of drug-likeness (QED) is 0.728. The number of pyridine rings is 1. The first-order valence-electron chi connectivity index (χ1n) is 6.03. The first-order chi connectivity index (χ1) is 9.62. The Hall–Kier alpha value is -1.66. The van der Waals surface area contributed by atoms with E-state index in [1.54, 1.807) is 6.07 Å². The van der Waals surface area contributed by atoms with Crippen LogP contribution in [0.5, 0.6) is 0 Å². The molecule has 0 atom stereocenters. The Bertz CT molecular complexity index is 615. The van der Waals surface area contributed by atoms with E-state index < -0.39 is 10.2 Å². The number of nitrogens with one attached hydrogen (secondary N) is 1. The number of aromatic nitrogens is 1. The Morgan fingerprint density at radius 1 is 1.45 bits per heavy atom. The molecule has 2 heterocycles. The van der Waals surface area contributed by atoms with E-state index in [2.05, 4.69) is 21.5 Å². The molecule has 0 unspecified atom stereocenters. The van der Waals surface area contributed by atoms with E-state index in [4.69, 9.17) is 9.84 Å². The van der Waals surface area contributed by atoms with Gasteiger partial charge in [-0.05, 0) is 12.1 Å². The van der Waals surface area contributed by atoms with Crippen molar-refractivity contribution in [2.24, 2.45) is 0 Å². The summed E-state index contributed by atoms with van der Waals surface area (Å²) in [6, 6.07) is 3.15. The number of hydrogen-bond acceptors (Lipinski definition) is 5. The fourth-order valence-electron chi connectivity index (χ4n) is 1.69. The Morgan fingerprint density at radius 2 is 2.20 bits per heavy atom. The summed E-state index contributed by atoms with van der Waals surface area (Å²) in [5.74, 6) is 5.38. The van der Waals surface area contributed by atoms with E-state index in [-0.39, 0.29) is 12.4 Å². The van der Waals surface area contributed by atoms with Crippen molar-refractivity contribution in [1.29, 1.82) is 0 Å². The first-order valence-corrected chi connectivity index (χ1v) is 7.47. The summed E-state index contributed by atoms with van der Waals surface area (Å²) in [4.78, 5) is 3.95. The Labute approximate surface area is 117 Å². The monoisotopic (exact) mass is 297 g/mol. The van der Waals surface area contributed by atoms with Crippen molar-refractivity contribution in [2.45, 2.75) is 0 Å². The fraction of sp³-hybridized carbons (Fsp3) is 0.417. The third-order valence-corrected chi connectivity index (χ3v) is 4.13. The molecule has 0 radical (unpaired) electrons. The minimum absolute atomic E-state index is 0.196. The van der Waals surface area contributed by atoms with Crippen molar-refractivity contribution in [3.63, 3.8) is 0 Å². The summed E-state index contributed by atoms with van der Waals surface area (Å²) in [5.41, 5.74) is 0.578. The lowest BCUT2D eigenvalue weighted by Gasteiger charge is -2.26. The molecule has 8 heteroatoms. The molecule has 2 rings (SSSR count). The van der Waals surface area contributed by atoms with Gasteiger partial charge in [0.05, 0.1) is 13.2 Å². The maximum atomic E-state index is 12.1. The average molecular weight is 297 g/mol. The summed E-state index contributed by atoms with van der Waals surface area (Å²) >= 11 is 0. The summed E-state index contributed by atoms with van der Waals surface area (Å²) in [6.45, 7) is 1.16. The highest BCUT2D eigenvalue weighted by molar-refractivity contribution is 7.90. The summed E-state index contributed by atoms with van der Waals surface area (Å²) in [6.07, 6.45) is 1.46. The van der Waals surface area contributed by atoms with Crippen LogP contribution in [0.4, 0.5) is 5.82 Å². The van der Waals surface area contributed by atoms with Gasteiger partial charge in [-0.3, -0.25) is 4.72 Å². The molecule has 0 saturated carbocycles. The number of anilines is 1. The zero-order valence-electron chi connectivity index (χ0n) is 10.7. The van der Waals surface area contributed by atoms with Crippen LogP contribution in [-0.4, -0.2) is 55.7 Å². The highest BCUT2D eigenvalue weighted by Crippen LogP contribution is 2.11. The molecule has 1 saturated heterocycles. The van der Waals surface area contributed by atoms with Gasteiger partial charge in [0.25, 0.3) is 0 Å². The van der Waals surface area contributed by atoms with Gasteiger partial charge in [0.1, 0.15) is 12.4 Å². The first kappa shape index (κ1) is 14.7. The smallest absolute Gasteiger partial charge is 0.302 e. The number of hydrogen-bond donors (Lipinski definition) is 2. The molecule has 1 fully saturated rings. The molecule has 0 spiro atoms. The minimum atomic E-state index is -3.63. The summed E-state index contributed by atoms with van der Waals surface area (Å²) < 4.78 is 33.1. The molecule has 7 nitrogen and oxygen atoms in total. The number of aliphatic hydroxyl groups is 1. The Balaban J connectivity index is 2.12. The Kier molecular flexibility index (Phi) is 4.92. The van der Waals surface area contributed by atoms with Gasteiger partial charge in [-0.15, -0.1) is 0 Å². The van der Waals surface area contributed by atoms with Gasteiger partial charge in [-0.2, -0.15) is 12.7 Å². The second-order valence-electron chi connectivity index (χ2n) is 4.01. The SMILES string of the molecule is O=S(=O)(Nc1cc(C#CCO)ccn1)N1CCOCC1. The molecule has 0 aromatic carbocycles. The summed E-state index contributed by atoms with van der Waals surface area (Å²) in [7, 11) is -3.63. The van der Waals surface area contributed by atoms with Crippen LogP contribution in [0.2, 0.25) is 0 Å². The van der Waals surface area contributed by atoms with Crippen molar-refractivity contribution in [1.82, 2.24) is 9.29 Å². The van der Waals surface area contributed by atoms with Crippen LogP contribution in [0.3, 0.4) is 0 Å². The fourth-order valence-corrected chi connectivity index (χ4v) is 2.82. The van der Waals surface area contributed by atoms with Crippen LogP contribution >= 0.6 is 0 Å². The minimum Gasteiger partial charge on any atom is -0.384 e. The molecular formula is C12H15N3O4S. The molecule has 20 heavy (non-hydrogen) atoms. The number of aliphatic hydroxyl groups excluding tert-OH is 1. The number of nitrogens with zero attached hydrogens (tertiary/aromatic N) is 2. The van der Waals surface area contributed by atoms with Crippen molar-refractivity contribution < 1.29 is 18.3 Å². The van der Waals surface area contributed by atoms with Crippen molar-refractivity contribution in [3.8, 4) is 11.8 Å². The van der Waals surface area contributed by atoms with Crippen molar-refractivity contribution in [3.05, 3.63) is 23.9 Å². The Morgan fingerprint density at radius 3 is 2.90 bits per heavy atom. The van der Waals surface area contributed by atoms with E-state index in [1.807, 2.05) is 0 Å². The van der Waals surface area contributed by atoms with Crippen LogP contribution in [0.25, 0.3) is 0 Å². The predicted octanol–water partition coefficient (Wildman–Crippen LogP) is -0.586. The zero-order chi connectivity index (χ0) is 14.4. The van der Waals surface area contributed by atoms with Crippen LogP contribution in [-0.2, 0) is 14.9 Å². The molecule has 0 amide bonds. The van der Waals surface area contributed by atoms with Crippen LogP contribution in [0.1, 0.15) is 5.56 Å². The molecule has 1 aliphatic rings. The number of rotatable bonds is 3. The van der Waals surface area contributed by atoms with E-state index in [0.29, 0.717) is 31.9 Å². The molecule has 1 aliphatic heterocycles. The lowest BCUT2D eigenvalue weighted by Crippen LogP contribution is -2.43. The topological polar surface area (TPSA) is 91.8 Å².